The molecule has 0 spiro atoms. The minimum atomic E-state index is -3.54. The standard InChI is InChI=1S/C14H19N3O2S2/c1-4-15-12-5-7-13(8-6-12)21(18,19)17-11(3)14-16-9-10(2)20-14/h5-9,11,15,17H,4H2,1-3H3. The molecule has 1 aromatic heterocycles. The van der Waals surface area contributed by atoms with Gasteiger partial charge >= 0.3 is 0 Å². The normalized spacial score (nSPS) is 13.1. The third kappa shape index (κ3) is 4.03. The molecule has 0 amide bonds. The SMILES string of the molecule is CCNc1ccc(S(=O)(=O)NC(C)c2ncc(C)s2)cc1. The molecule has 1 aromatic carbocycles. The molecular weight excluding hydrogens is 306 g/mol. The van der Waals surface area contributed by atoms with Crippen molar-refractivity contribution in [3.05, 3.63) is 40.3 Å². The summed E-state index contributed by atoms with van der Waals surface area (Å²) in [4.78, 5) is 5.53. The third-order valence-corrected chi connectivity index (χ3v) is 5.54. The lowest BCUT2D eigenvalue weighted by Gasteiger charge is -2.12. The average Bonchev–Trinajstić information content (AvgIpc) is 2.86. The van der Waals surface area contributed by atoms with Crippen LogP contribution in [0.15, 0.2) is 35.4 Å². The quantitative estimate of drug-likeness (QED) is 0.856. The van der Waals surface area contributed by atoms with Crippen LogP contribution in [0.4, 0.5) is 5.69 Å². The summed E-state index contributed by atoms with van der Waals surface area (Å²) in [6.07, 6.45) is 1.75. The maximum Gasteiger partial charge on any atom is 0.241 e. The maximum atomic E-state index is 12.3. The predicted molar refractivity (Wildman–Crippen MR) is 86.2 cm³/mol. The summed E-state index contributed by atoms with van der Waals surface area (Å²) >= 11 is 1.49. The number of nitrogens with zero attached hydrogens (tertiary/aromatic N) is 1. The van der Waals surface area contributed by atoms with Crippen molar-refractivity contribution in [3.63, 3.8) is 0 Å². The van der Waals surface area contributed by atoms with Crippen LogP contribution in [0.25, 0.3) is 0 Å². The Kier molecular flexibility index (Phi) is 4.97. The van der Waals surface area contributed by atoms with Gasteiger partial charge in [-0.2, -0.15) is 0 Å². The number of aryl methyl sites for hydroxylation is 1. The molecule has 7 heteroatoms. The van der Waals surface area contributed by atoms with E-state index >= 15 is 0 Å². The van der Waals surface area contributed by atoms with Crippen molar-refractivity contribution in [2.24, 2.45) is 0 Å². The van der Waals surface area contributed by atoms with Crippen LogP contribution < -0.4 is 10.0 Å². The molecule has 1 atom stereocenters. The smallest absolute Gasteiger partial charge is 0.241 e. The molecule has 0 saturated heterocycles. The molecule has 0 aliphatic heterocycles. The number of thiazole rings is 1. The van der Waals surface area contributed by atoms with E-state index in [0.29, 0.717) is 0 Å². The van der Waals surface area contributed by atoms with Crippen molar-refractivity contribution in [1.29, 1.82) is 0 Å². The molecule has 0 aliphatic rings. The van der Waals surface area contributed by atoms with E-state index in [1.807, 2.05) is 13.8 Å². The van der Waals surface area contributed by atoms with Crippen molar-refractivity contribution in [1.82, 2.24) is 9.71 Å². The number of hydrogen-bond donors (Lipinski definition) is 2. The molecule has 2 rings (SSSR count). The molecule has 0 fully saturated rings. The van der Waals surface area contributed by atoms with Gasteiger partial charge in [-0.15, -0.1) is 11.3 Å². The summed E-state index contributed by atoms with van der Waals surface area (Å²) in [6.45, 7) is 6.53. The van der Waals surface area contributed by atoms with Gasteiger partial charge in [-0.25, -0.2) is 18.1 Å². The number of rotatable bonds is 6. The maximum absolute atomic E-state index is 12.3. The Morgan fingerprint density at radius 3 is 2.48 bits per heavy atom. The van der Waals surface area contributed by atoms with E-state index in [9.17, 15) is 8.42 Å². The number of hydrogen-bond acceptors (Lipinski definition) is 5. The Bertz CT molecular complexity index is 693. The Hall–Kier alpha value is -1.44. The van der Waals surface area contributed by atoms with Gasteiger partial charge in [0.15, 0.2) is 0 Å². The number of anilines is 1. The van der Waals surface area contributed by atoms with Gasteiger partial charge in [0, 0.05) is 23.3 Å². The lowest BCUT2D eigenvalue weighted by molar-refractivity contribution is 0.566. The van der Waals surface area contributed by atoms with E-state index in [2.05, 4.69) is 15.0 Å². The highest BCUT2D eigenvalue weighted by Gasteiger charge is 2.20. The van der Waals surface area contributed by atoms with Crippen LogP contribution in [0.5, 0.6) is 0 Å². The molecule has 1 unspecified atom stereocenters. The van der Waals surface area contributed by atoms with E-state index in [1.54, 1.807) is 37.4 Å². The first-order valence-corrected chi connectivity index (χ1v) is 9.01. The number of benzene rings is 1. The minimum absolute atomic E-state index is 0.254. The molecule has 114 valence electrons. The summed E-state index contributed by atoms with van der Waals surface area (Å²) < 4.78 is 27.3. The molecule has 0 radical (unpaired) electrons. The molecule has 0 aliphatic carbocycles. The van der Waals surface area contributed by atoms with E-state index in [-0.39, 0.29) is 10.9 Å². The zero-order valence-electron chi connectivity index (χ0n) is 12.3. The average molecular weight is 325 g/mol. The fraction of sp³-hybridized carbons (Fsp3) is 0.357. The molecule has 21 heavy (non-hydrogen) atoms. The Morgan fingerprint density at radius 1 is 1.29 bits per heavy atom. The third-order valence-electron chi connectivity index (χ3n) is 2.89. The number of nitrogens with one attached hydrogen (secondary N) is 2. The fourth-order valence-corrected chi connectivity index (χ4v) is 3.94. The second-order valence-electron chi connectivity index (χ2n) is 4.71. The Morgan fingerprint density at radius 2 is 1.95 bits per heavy atom. The Balaban J connectivity index is 2.14. The molecule has 2 N–H and O–H groups in total. The van der Waals surface area contributed by atoms with Crippen LogP contribution in [-0.4, -0.2) is 19.9 Å². The van der Waals surface area contributed by atoms with Crippen molar-refractivity contribution in [3.8, 4) is 0 Å². The van der Waals surface area contributed by atoms with E-state index < -0.39 is 10.0 Å². The van der Waals surface area contributed by atoms with Crippen LogP contribution in [-0.2, 0) is 10.0 Å². The van der Waals surface area contributed by atoms with Gasteiger partial charge in [0.25, 0.3) is 0 Å². The fourth-order valence-electron chi connectivity index (χ4n) is 1.88. The lowest BCUT2D eigenvalue weighted by Crippen LogP contribution is -2.26. The zero-order chi connectivity index (χ0) is 15.5. The van der Waals surface area contributed by atoms with Crippen molar-refractivity contribution >= 4 is 27.0 Å². The highest BCUT2D eigenvalue weighted by atomic mass is 32.2. The molecular formula is C14H19N3O2S2. The van der Waals surface area contributed by atoms with Gasteiger partial charge < -0.3 is 5.32 Å². The highest BCUT2D eigenvalue weighted by molar-refractivity contribution is 7.89. The first kappa shape index (κ1) is 15.9. The highest BCUT2D eigenvalue weighted by Crippen LogP contribution is 2.22. The molecule has 0 bridgehead atoms. The van der Waals surface area contributed by atoms with Gasteiger partial charge in [0.1, 0.15) is 5.01 Å². The van der Waals surface area contributed by atoms with Gasteiger partial charge in [-0.05, 0) is 45.0 Å². The number of sulfonamides is 1. The molecule has 5 nitrogen and oxygen atoms in total. The molecule has 0 saturated carbocycles. The van der Waals surface area contributed by atoms with Crippen LogP contribution in [0.2, 0.25) is 0 Å². The van der Waals surface area contributed by atoms with Gasteiger partial charge in [-0.1, -0.05) is 0 Å². The summed E-state index contributed by atoms with van der Waals surface area (Å²) in [7, 11) is -3.54. The second kappa shape index (κ2) is 6.55. The lowest BCUT2D eigenvalue weighted by atomic mass is 10.3. The molecule has 2 aromatic rings. The van der Waals surface area contributed by atoms with E-state index in [4.69, 9.17) is 0 Å². The largest absolute Gasteiger partial charge is 0.385 e. The van der Waals surface area contributed by atoms with Crippen LogP contribution in [0.3, 0.4) is 0 Å². The minimum Gasteiger partial charge on any atom is -0.385 e. The monoisotopic (exact) mass is 325 g/mol. The van der Waals surface area contributed by atoms with E-state index in [0.717, 1.165) is 22.1 Å². The number of aromatic nitrogens is 1. The first-order chi connectivity index (χ1) is 9.92. The first-order valence-electron chi connectivity index (χ1n) is 6.71. The van der Waals surface area contributed by atoms with Crippen molar-refractivity contribution in [2.45, 2.75) is 31.7 Å². The Labute approximate surface area is 129 Å². The predicted octanol–water partition coefficient (Wildman–Crippen LogP) is 2.92. The van der Waals surface area contributed by atoms with Crippen LogP contribution in [0, 0.1) is 6.92 Å². The van der Waals surface area contributed by atoms with Gasteiger partial charge in [0.05, 0.1) is 10.9 Å². The van der Waals surface area contributed by atoms with Crippen molar-refractivity contribution < 1.29 is 8.42 Å². The van der Waals surface area contributed by atoms with Crippen LogP contribution >= 0.6 is 11.3 Å². The summed E-state index contributed by atoms with van der Waals surface area (Å²) in [5.74, 6) is 0. The van der Waals surface area contributed by atoms with Gasteiger partial charge in [0.2, 0.25) is 10.0 Å². The topological polar surface area (TPSA) is 71.1 Å². The zero-order valence-corrected chi connectivity index (χ0v) is 13.9. The second-order valence-corrected chi connectivity index (χ2v) is 7.69. The summed E-state index contributed by atoms with van der Waals surface area (Å²) in [5, 5.41) is 3.90. The van der Waals surface area contributed by atoms with E-state index in [1.165, 1.54) is 11.3 Å². The molecule has 1 heterocycles. The van der Waals surface area contributed by atoms with Gasteiger partial charge in [-0.3, -0.25) is 0 Å². The summed E-state index contributed by atoms with van der Waals surface area (Å²) in [5.41, 5.74) is 0.903. The summed E-state index contributed by atoms with van der Waals surface area (Å²) in [6, 6.07) is 6.37. The van der Waals surface area contributed by atoms with Crippen molar-refractivity contribution in [2.75, 3.05) is 11.9 Å². The van der Waals surface area contributed by atoms with Crippen LogP contribution in [0.1, 0.15) is 29.8 Å².